The summed E-state index contributed by atoms with van der Waals surface area (Å²) in [5.74, 6) is 0. The lowest BCUT2D eigenvalue weighted by molar-refractivity contribution is -0.342. The van der Waals surface area contributed by atoms with Crippen molar-refractivity contribution >= 4 is 34.0 Å². The first-order valence-corrected chi connectivity index (χ1v) is 8.47. The van der Waals surface area contributed by atoms with Gasteiger partial charge in [-0.15, -0.1) is 0 Å². The van der Waals surface area contributed by atoms with E-state index in [1.807, 2.05) is 0 Å². The van der Waals surface area contributed by atoms with Gasteiger partial charge in [-0.3, -0.25) is 0 Å². The third kappa shape index (κ3) is 2.23. The monoisotopic (exact) mass is 321 g/mol. The second kappa shape index (κ2) is 5.60. The predicted molar refractivity (Wildman–Crippen MR) is 104 cm³/mol. The summed E-state index contributed by atoms with van der Waals surface area (Å²) in [5.41, 5.74) is 8.48. The highest BCUT2D eigenvalue weighted by atomic mass is 14.8. The van der Waals surface area contributed by atoms with Crippen molar-refractivity contribution in [1.29, 1.82) is 0 Å². The van der Waals surface area contributed by atoms with Gasteiger partial charge in [0.15, 0.2) is 6.21 Å². The van der Waals surface area contributed by atoms with Crippen LogP contribution in [0.15, 0.2) is 85.1 Å². The molecule has 0 saturated carbocycles. The van der Waals surface area contributed by atoms with E-state index < -0.39 is 0 Å². The van der Waals surface area contributed by atoms with E-state index >= 15 is 0 Å². The van der Waals surface area contributed by atoms with Gasteiger partial charge in [-0.05, 0) is 17.7 Å². The molecule has 1 aromatic heterocycles. The minimum Gasteiger partial charge on any atom is -0.361 e. The van der Waals surface area contributed by atoms with Crippen LogP contribution in [0, 0.1) is 0 Å². The number of allylic oxidation sites excluding steroid dienone is 1. The van der Waals surface area contributed by atoms with Gasteiger partial charge in [-0.25, -0.2) is 4.99 Å². The zero-order valence-electron chi connectivity index (χ0n) is 13.7. The zero-order valence-corrected chi connectivity index (χ0v) is 13.7. The Morgan fingerprint density at radius 1 is 0.760 bits per heavy atom. The quantitative estimate of drug-likeness (QED) is 0.560. The highest BCUT2D eigenvalue weighted by Crippen LogP contribution is 2.37. The third-order valence-corrected chi connectivity index (χ3v) is 4.78. The molecule has 0 saturated heterocycles. The number of benzene rings is 3. The third-order valence-electron chi connectivity index (χ3n) is 4.78. The summed E-state index contributed by atoms with van der Waals surface area (Å²) in [5, 5.41) is 1.24. The van der Waals surface area contributed by atoms with Gasteiger partial charge in [0, 0.05) is 34.3 Å². The second-order valence-corrected chi connectivity index (χ2v) is 6.24. The molecule has 0 unspecified atom stereocenters. The Morgan fingerprint density at radius 2 is 1.52 bits per heavy atom. The standard InChI is InChI=1S/C23H16N2/c1-2-8-16(9-3-1)23(19-14-24-21-12-6-4-10-17(19)21)20-15-25-22-13-7-5-11-18(20)22/h1-15,24H/p+1. The number of rotatable bonds is 2. The van der Waals surface area contributed by atoms with E-state index in [0.717, 1.165) is 11.2 Å². The summed E-state index contributed by atoms with van der Waals surface area (Å²) in [4.78, 5) is 6.83. The second-order valence-electron chi connectivity index (χ2n) is 6.24. The number of aromatic amines is 1. The predicted octanol–water partition coefficient (Wildman–Crippen LogP) is 3.92. The maximum atomic E-state index is 3.42. The van der Waals surface area contributed by atoms with Gasteiger partial charge >= 0.3 is 0 Å². The first-order chi connectivity index (χ1) is 12.4. The van der Waals surface area contributed by atoms with E-state index in [9.17, 15) is 0 Å². The van der Waals surface area contributed by atoms with Crippen molar-refractivity contribution in [2.75, 3.05) is 0 Å². The molecule has 118 valence electrons. The van der Waals surface area contributed by atoms with Crippen molar-refractivity contribution in [1.82, 2.24) is 4.98 Å². The molecule has 2 nitrogen and oxygen atoms in total. The molecular formula is C23H17N2+. The Labute approximate surface area is 146 Å². The number of hydrogen-bond acceptors (Lipinski definition) is 0. The van der Waals surface area contributed by atoms with Crippen LogP contribution in [0.5, 0.6) is 0 Å². The van der Waals surface area contributed by atoms with E-state index in [-0.39, 0.29) is 0 Å². The Hall–Kier alpha value is -3.39. The topological polar surface area (TPSA) is 29.8 Å². The molecule has 5 rings (SSSR count). The van der Waals surface area contributed by atoms with Gasteiger partial charge in [-0.2, -0.15) is 0 Å². The first kappa shape index (κ1) is 14.0. The molecule has 2 heterocycles. The van der Waals surface area contributed by atoms with Crippen LogP contribution in [0.4, 0.5) is 5.69 Å². The van der Waals surface area contributed by atoms with Gasteiger partial charge in [0.2, 0.25) is 5.69 Å². The Bertz CT molecular complexity index is 1130. The van der Waals surface area contributed by atoms with Gasteiger partial charge < -0.3 is 4.98 Å². The smallest absolute Gasteiger partial charge is 0.211 e. The Morgan fingerprint density at radius 3 is 2.44 bits per heavy atom. The van der Waals surface area contributed by atoms with Crippen LogP contribution < -0.4 is 4.99 Å². The molecule has 0 spiro atoms. The molecule has 3 aromatic carbocycles. The molecule has 0 bridgehead atoms. The normalized spacial score (nSPS) is 14.7. The van der Waals surface area contributed by atoms with Crippen molar-refractivity contribution in [3.63, 3.8) is 0 Å². The number of para-hydroxylation sites is 2. The van der Waals surface area contributed by atoms with Gasteiger partial charge in [0.1, 0.15) is 0 Å². The lowest BCUT2D eigenvalue weighted by Gasteiger charge is -2.10. The van der Waals surface area contributed by atoms with Crippen molar-refractivity contribution in [3.8, 4) is 0 Å². The van der Waals surface area contributed by atoms with Gasteiger partial charge in [0.25, 0.3) is 0 Å². The van der Waals surface area contributed by atoms with E-state index in [1.54, 1.807) is 0 Å². The maximum absolute atomic E-state index is 3.42. The molecule has 1 aliphatic heterocycles. The molecule has 25 heavy (non-hydrogen) atoms. The van der Waals surface area contributed by atoms with Gasteiger partial charge in [-0.1, -0.05) is 60.7 Å². The molecular weight excluding hydrogens is 304 g/mol. The molecule has 0 amide bonds. The lowest BCUT2D eigenvalue weighted by Crippen LogP contribution is -2.58. The van der Waals surface area contributed by atoms with Crippen molar-refractivity contribution < 1.29 is 4.99 Å². The van der Waals surface area contributed by atoms with Gasteiger partial charge in [0.05, 0.1) is 11.1 Å². The summed E-state index contributed by atoms with van der Waals surface area (Å²) >= 11 is 0. The van der Waals surface area contributed by atoms with E-state index in [4.69, 9.17) is 0 Å². The molecule has 1 aliphatic rings. The number of H-pyrrole nitrogens is 1. The molecule has 4 aromatic rings. The minimum atomic E-state index is 1.16. The van der Waals surface area contributed by atoms with Crippen molar-refractivity contribution in [2.24, 2.45) is 0 Å². The molecule has 2 N–H and O–H groups in total. The molecule has 0 fully saturated rings. The summed E-state index contributed by atoms with van der Waals surface area (Å²) in [6.45, 7) is 0. The summed E-state index contributed by atoms with van der Waals surface area (Å²) in [6, 6.07) is 27.5. The molecule has 2 heteroatoms. The fourth-order valence-electron chi connectivity index (χ4n) is 3.62. The summed E-state index contributed by atoms with van der Waals surface area (Å²) in [7, 11) is 0. The maximum Gasteiger partial charge on any atom is 0.211 e. The van der Waals surface area contributed by atoms with Crippen LogP contribution in [0.25, 0.3) is 22.0 Å². The number of hydrogen-bond donors (Lipinski definition) is 2. The van der Waals surface area contributed by atoms with Crippen LogP contribution >= 0.6 is 0 Å². The van der Waals surface area contributed by atoms with Crippen LogP contribution in [0.1, 0.15) is 16.7 Å². The van der Waals surface area contributed by atoms with Crippen molar-refractivity contribution in [2.45, 2.75) is 0 Å². The van der Waals surface area contributed by atoms with Crippen LogP contribution in [0.2, 0.25) is 0 Å². The molecule has 0 aliphatic carbocycles. The number of aromatic nitrogens is 1. The van der Waals surface area contributed by atoms with E-state index in [0.29, 0.717) is 0 Å². The van der Waals surface area contributed by atoms with Crippen LogP contribution in [-0.2, 0) is 0 Å². The zero-order chi connectivity index (χ0) is 16.6. The minimum absolute atomic E-state index is 1.16. The fraction of sp³-hybridized carbons (Fsp3) is 0. The van der Waals surface area contributed by atoms with Crippen LogP contribution in [-0.4, -0.2) is 11.2 Å². The highest BCUT2D eigenvalue weighted by molar-refractivity contribution is 6.24. The Kier molecular flexibility index (Phi) is 3.14. The van der Waals surface area contributed by atoms with Crippen molar-refractivity contribution in [3.05, 3.63) is 102 Å². The van der Waals surface area contributed by atoms with E-state index in [2.05, 4.69) is 101 Å². The first-order valence-electron chi connectivity index (χ1n) is 8.47. The van der Waals surface area contributed by atoms with E-state index in [1.165, 1.54) is 33.2 Å². The lowest BCUT2D eigenvalue weighted by atomic mass is 9.90. The average molecular weight is 321 g/mol. The Balaban J connectivity index is 1.86. The summed E-state index contributed by atoms with van der Waals surface area (Å²) < 4.78 is 0. The fourth-order valence-corrected chi connectivity index (χ4v) is 3.62. The SMILES string of the molecule is C1=[NH+]c2ccccc2C1=C(c1ccccc1)c1c[nH]c2ccccc12. The number of fused-ring (bicyclic) bond motifs is 2. The summed E-state index contributed by atoms with van der Waals surface area (Å²) in [6.07, 6.45) is 4.24. The van der Waals surface area contributed by atoms with Crippen LogP contribution in [0.3, 0.4) is 0 Å². The average Bonchev–Trinajstić information content (AvgIpc) is 3.29. The highest BCUT2D eigenvalue weighted by Gasteiger charge is 2.24. The number of nitrogens with one attached hydrogen (secondary N) is 2. The molecule has 0 atom stereocenters. The largest absolute Gasteiger partial charge is 0.361 e. The molecule has 0 radical (unpaired) electrons.